The molecule has 2 aromatic carbocycles. The van der Waals surface area contributed by atoms with Crippen LogP contribution in [-0.4, -0.2) is 36.7 Å². The Morgan fingerprint density at radius 3 is 2.30 bits per heavy atom. The fourth-order valence-corrected chi connectivity index (χ4v) is 6.29. The molecule has 0 aliphatic carbocycles. The van der Waals surface area contributed by atoms with Gasteiger partial charge in [-0.3, -0.25) is 9.52 Å². The first-order valence-electron chi connectivity index (χ1n) is 14.5. The molecule has 236 valence electrons. The number of hydrogen-bond acceptors (Lipinski definition) is 9. The number of nitrogens with zero attached hydrogens (tertiary/aromatic N) is 1. The molecular formula is C33H40N2O7S2. The van der Waals surface area contributed by atoms with Gasteiger partial charge in [-0.05, 0) is 49.5 Å². The minimum atomic E-state index is -4.15. The quantitative estimate of drug-likeness (QED) is 0.0918. The molecule has 0 spiro atoms. The van der Waals surface area contributed by atoms with Crippen molar-refractivity contribution in [2.24, 2.45) is 5.92 Å². The lowest BCUT2D eigenvalue weighted by molar-refractivity contribution is -0.126. The highest BCUT2D eigenvalue weighted by molar-refractivity contribution is 7.93. The summed E-state index contributed by atoms with van der Waals surface area (Å²) in [5.41, 5.74) is 1.98. The molecule has 3 aromatic rings. The molecule has 0 amide bonds. The van der Waals surface area contributed by atoms with E-state index >= 15 is 0 Å². The van der Waals surface area contributed by atoms with Crippen LogP contribution in [0.2, 0.25) is 0 Å². The van der Waals surface area contributed by atoms with E-state index in [0.717, 1.165) is 35.3 Å². The van der Waals surface area contributed by atoms with E-state index in [1.165, 1.54) is 19.4 Å². The number of anilines is 1. The van der Waals surface area contributed by atoms with Gasteiger partial charge in [0.2, 0.25) is 10.0 Å². The summed E-state index contributed by atoms with van der Waals surface area (Å²) in [5, 5.41) is 0.428. The van der Waals surface area contributed by atoms with E-state index in [-0.39, 0.29) is 35.3 Å². The molecule has 44 heavy (non-hydrogen) atoms. The van der Waals surface area contributed by atoms with Gasteiger partial charge in [-0.1, -0.05) is 80.9 Å². The van der Waals surface area contributed by atoms with Crippen molar-refractivity contribution in [3.05, 3.63) is 107 Å². The number of thiazole rings is 1. The van der Waals surface area contributed by atoms with Gasteiger partial charge in [0.05, 0.1) is 19.0 Å². The van der Waals surface area contributed by atoms with Crippen molar-refractivity contribution in [3.63, 3.8) is 0 Å². The van der Waals surface area contributed by atoms with E-state index in [4.69, 9.17) is 14.2 Å². The molecule has 0 bridgehead atoms. The number of Topliss-reactive ketones (excluding diaryl/α,β-unsaturated/α-hetero) is 1. The topological polar surface area (TPSA) is 121 Å². The molecule has 9 nitrogen and oxygen atoms in total. The summed E-state index contributed by atoms with van der Waals surface area (Å²) in [7, 11) is -4.15. The van der Waals surface area contributed by atoms with Gasteiger partial charge >= 0.3 is 6.16 Å². The average Bonchev–Trinajstić information content (AvgIpc) is 3.52. The van der Waals surface area contributed by atoms with Crippen LogP contribution in [0.15, 0.2) is 95.9 Å². The number of carbonyl (C=O) groups excluding carboxylic acids is 2. The first kappa shape index (κ1) is 34.7. The lowest BCUT2D eigenvalue weighted by Crippen LogP contribution is -2.35. The normalized spacial score (nSPS) is 14.4. The van der Waals surface area contributed by atoms with Gasteiger partial charge < -0.3 is 14.2 Å². The van der Waals surface area contributed by atoms with E-state index in [9.17, 15) is 18.0 Å². The number of allylic oxidation sites excluding steroid dienone is 1. The van der Waals surface area contributed by atoms with Crippen LogP contribution < -0.4 is 4.72 Å². The van der Waals surface area contributed by atoms with Gasteiger partial charge in [0.25, 0.3) is 0 Å². The maximum atomic E-state index is 13.5. The summed E-state index contributed by atoms with van der Waals surface area (Å²) in [5.74, 6) is -1.03. The third kappa shape index (κ3) is 10.7. The lowest BCUT2D eigenvalue weighted by atomic mass is 9.89. The van der Waals surface area contributed by atoms with Crippen LogP contribution in [0.5, 0.6) is 0 Å². The number of aromatic nitrogens is 1. The first-order chi connectivity index (χ1) is 21.1. The van der Waals surface area contributed by atoms with Crippen LogP contribution >= 0.6 is 11.3 Å². The molecule has 1 N–H and O–H groups in total. The predicted molar refractivity (Wildman–Crippen MR) is 172 cm³/mol. The Bertz CT molecular complexity index is 1490. The number of sulfonamides is 1. The van der Waals surface area contributed by atoms with Crippen LogP contribution in [0, 0.1) is 5.92 Å². The summed E-state index contributed by atoms with van der Waals surface area (Å²) >= 11 is 1.11. The van der Waals surface area contributed by atoms with Gasteiger partial charge in [-0.2, -0.15) is 0 Å². The number of benzene rings is 2. The number of rotatable bonds is 17. The van der Waals surface area contributed by atoms with E-state index in [0.29, 0.717) is 6.42 Å². The number of ketones is 1. The highest BCUT2D eigenvalue weighted by atomic mass is 32.2. The second-order valence-electron chi connectivity index (χ2n) is 10.3. The maximum Gasteiger partial charge on any atom is 0.518 e. The van der Waals surface area contributed by atoms with Crippen molar-refractivity contribution in [2.75, 3.05) is 4.72 Å². The van der Waals surface area contributed by atoms with E-state index < -0.39 is 33.5 Å². The fourth-order valence-electron chi connectivity index (χ4n) is 4.39. The summed E-state index contributed by atoms with van der Waals surface area (Å²) in [6.45, 7) is 6.92. The van der Waals surface area contributed by atoms with Gasteiger partial charge in [0.1, 0.15) is 16.8 Å². The average molecular weight is 641 g/mol. The summed E-state index contributed by atoms with van der Waals surface area (Å²) in [6.07, 6.45) is 5.14. The summed E-state index contributed by atoms with van der Waals surface area (Å²) in [6, 6.07) is 18.7. The lowest BCUT2D eigenvalue weighted by Gasteiger charge is -2.28. The summed E-state index contributed by atoms with van der Waals surface area (Å²) in [4.78, 5) is 30.4. The molecule has 0 saturated carbocycles. The molecule has 1 unspecified atom stereocenters. The number of unbranched alkanes of at least 4 members (excludes halogenated alkanes) is 2. The van der Waals surface area contributed by atoms with Crippen molar-refractivity contribution in [1.29, 1.82) is 0 Å². The Morgan fingerprint density at radius 1 is 1.02 bits per heavy atom. The predicted octanol–water partition coefficient (Wildman–Crippen LogP) is 7.44. The minimum Gasteiger partial charge on any atom is -0.403 e. The van der Waals surface area contributed by atoms with Crippen molar-refractivity contribution < 1.29 is 32.2 Å². The Balaban J connectivity index is 1.99. The van der Waals surface area contributed by atoms with Crippen LogP contribution in [0.4, 0.5) is 9.93 Å². The third-order valence-electron chi connectivity index (χ3n) is 6.95. The van der Waals surface area contributed by atoms with Gasteiger partial charge in [0.15, 0.2) is 5.13 Å². The molecular weight excluding hydrogens is 601 g/mol. The van der Waals surface area contributed by atoms with Crippen molar-refractivity contribution in [3.8, 4) is 0 Å². The molecule has 0 radical (unpaired) electrons. The molecule has 11 heteroatoms. The number of nitrogens with one attached hydrogen (secondary N) is 1. The second kappa shape index (κ2) is 17.5. The fraction of sp³-hybridized carbons (Fsp3) is 0.364. The Morgan fingerprint density at radius 2 is 1.68 bits per heavy atom. The Hall–Kier alpha value is -3.80. The molecule has 1 heterocycles. The van der Waals surface area contributed by atoms with Crippen LogP contribution in [0.1, 0.15) is 58.1 Å². The minimum absolute atomic E-state index is 0.120. The molecule has 3 rings (SSSR count). The summed E-state index contributed by atoms with van der Waals surface area (Å²) < 4.78 is 46.4. The van der Waals surface area contributed by atoms with Gasteiger partial charge in [-0.25, -0.2) is 18.2 Å². The zero-order chi connectivity index (χ0) is 32.0. The van der Waals surface area contributed by atoms with Crippen LogP contribution in [0.3, 0.4) is 0 Å². The van der Waals surface area contributed by atoms with E-state index in [2.05, 4.69) is 9.71 Å². The van der Waals surface area contributed by atoms with Gasteiger partial charge in [-0.15, -0.1) is 11.3 Å². The number of ether oxygens (including phenoxy) is 3. The molecule has 3 atom stereocenters. The Kier molecular flexibility index (Phi) is 13.8. The smallest absolute Gasteiger partial charge is 0.403 e. The molecule has 0 aliphatic rings. The molecule has 1 aromatic heterocycles. The monoisotopic (exact) mass is 640 g/mol. The Labute approximate surface area is 264 Å². The van der Waals surface area contributed by atoms with Crippen molar-refractivity contribution in [2.45, 2.75) is 71.3 Å². The van der Waals surface area contributed by atoms with Crippen molar-refractivity contribution in [1.82, 2.24) is 4.98 Å². The van der Waals surface area contributed by atoms with Crippen LogP contribution in [0.25, 0.3) is 0 Å². The highest BCUT2D eigenvalue weighted by Crippen LogP contribution is 2.29. The maximum absolute atomic E-state index is 13.5. The number of carbonyl (C=O) groups is 2. The van der Waals surface area contributed by atoms with E-state index in [1.54, 1.807) is 25.3 Å². The first-order valence-corrected chi connectivity index (χ1v) is 16.9. The third-order valence-corrected chi connectivity index (χ3v) is 9.39. The molecule has 0 aliphatic heterocycles. The second-order valence-corrected chi connectivity index (χ2v) is 13.2. The largest absolute Gasteiger partial charge is 0.518 e. The molecule has 0 fully saturated rings. The zero-order valence-corrected chi connectivity index (χ0v) is 27.1. The van der Waals surface area contributed by atoms with Crippen molar-refractivity contribution >= 4 is 38.4 Å². The number of hydrogen-bond donors (Lipinski definition) is 1. The highest BCUT2D eigenvalue weighted by Gasteiger charge is 2.35. The van der Waals surface area contributed by atoms with E-state index in [1.807, 2.05) is 67.6 Å². The van der Waals surface area contributed by atoms with Crippen LogP contribution in [-0.2, 0) is 42.1 Å². The van der Waals surface area contributed by atoms with Gasteiger partial charge in [0, 0.05) is 23.9 Å². The SMILES string of the molecule is CCCC/C=C/OC(=O)O/C(=C(\C)C(OCc1ccccc1)[C@@H](C)C(=O)Cc1ccccc1)[C@@H](C)S(=O)(=O)Nc1nccs1. The zero-order valence-electron chi connectivity index (χ0n) is 25.5. The standard InChI is InChI=1S/C33H40N2O7S2/c1-5-6-7-14-20-40-33(37)42-31(26(4)44(38,39)35-32-34-19-21-43-32)25(3)30(41-23-28-17-12-9-13-18-28)24(2)29(36)22-27-15-10-8-11-16-27/h8-21,24,26,30H,5-7,22-23H2,1-4H3,(H,34,35)/b20-14+,31-25+/t24-,26+,30?/m0/s1. The molecule has 0 saturated heterocycles.